The zero-order chi connectivity index (χ0) is 15.2. The number of ether oxygens (including phenoxy) is 2. The molecule has 5 nitrogen and oxygen atoms in total. The molecule has 0 radical (unpaired) electrons. The predicted octanol–water partition coefficient (Wildman–Crippen LogP) is 2.12. The Labute approximate surface area is 131 Å². The molecule has 1 saturated heterocycles. The van der Waals surface area contributed by atoms with Crippen molar-refractivity contribution >= 4 is 46.3 Å². The smallest absolute Gasteiger partial charge is 0.344 e. The summed E-state index contributed by atoms with van der Waals surface area (Å²) in [5.41, 5.74) is 0.848. The van der Waals surface area contributed by atoms with Gasteiger partial charge in [-0.05, 0) is 30.7 Å². The van der Waals surface area contributed by atoms with Crippen LogP contribution in [0.3, 0.4) is 0 Å². The summed E-state index contributed by atoms with van der Waals surface area (Å²) in [6.45, 7) is 1.94. The third-order valence-electron chi connectivity index (χ3n) is 2.48. The first-order valence-electron chi connectivity index (χ1n) is 6.22. The molecule has 0 bridgehead atoms. The molecule has 2 rings (SSSR count). The van der Waals surface area contributed by atoms with E-state index in [9.17, 15) is 9.59 Å². The Hall–Kier alpha value is -1.86. The number of hydrogen-bond donors (Lipinski definition) is 1. The highest BCUT2D eigenvalue weighted by molar-refractivity contribution is 8.26. The summed E-state index contributed by atoms with van der Waals surface area (Å²) in [4.78, 5) is 23.3. The molecule has 1 heterocycles. The molecule has 1 aliphatic rings. The van der Waals surface area contributed by atoms with Gasteiger partial charge in [0.1, 0.15) is 10.1 Å². The Bertz CT molecular complexity index is 595. The van der Waals surface area contributed by atoms with Gasteiger partial charge in [0.25, 0.3) is 5.91 Å². The highest BCUT2D eigenvalue weighted by atomic mass is 32.2. The van der Waals surface area contributed by atoms with Gasteiger partial charge in [-0.3, -0.25) is 4.79 Å². The van der Waals surface area contributed by atoms with E-state index >= 15 is 0 Å². The van der Waals surface area contributed by atoms with Crippen LogP contribution in [-0.2, 0) is 14.3 Å². The second kappa shape index (κ2) is 7.24. The lowest BCUT2D eigenvalue weighted by Crippen LogP contribution is -2.17. The van der Waals surface area contributed by atoms with E-state index in [0.717, 1.165) is 5.56 Å². The van der Waals surface area contributed by atoms with Gasteiger partial charge in [-0.15, -0.1) is 0 Å². The quantitative estimate of drug-likeness (QED) is 0.509. The summed E-state index contributed by atoms with van der Waals surface area (Å²) in [6, 6.07) is 7.04. The maximum atomic E-state index is 11.5. The first-order valence-corrected chi connectivity index (χ1v) is 7.44. The van der Waals surface area contributed by atoms with Crippen LogP contribution in [0.2, 0.25) is 0 Å². The number of rotatable bonds is 5. The summed E-state index contributed by atoms with van der Waals surface area (Å²) in [5, 5.41) is 2.55. The summed E-state index contributed by atoms with van der Waals surface area (Å²) in [6.07, 6.45) is 1.74. The summed E-state index contributed by atoms with van der Waals surface area (Å²) >= 11 is 6.15. The molecule has 0 aromatic heterocycles. The molecule has 0 saturated carbocycles. The Morgan fingerprint density at radius 1 is 1.38 bits per heavy atom. The molecular formula is C14H13NO4S2. The van der Waals surface area contributed by atoms with Gasteiger partial charge in [-0.2, -0.15) is 0 Å². The van der Waals surface area contributed by atoms with Crippen LogP contribution in [0.5, 0.6) is 5.75 Å². The van der Waals surface area contributed by atoms with Crippen LogP contribution in [0.1, 0.15) is 12.5 Å². The van der Waals surface area contributed by atoms with Crippen molar-refractivity contribution in [2.45, 2.75) is 6.92 Å². The van der Waals surface area contributed by atoms with E-state index in [0.29, 0.717) is 21.6 Å². The predicted molar refractivity (Wildman–Crippen MR) is 84.9 cm³/mol. The number of hydrogen-bond acceptors (Lipinski definition) is 6. The molecular weight excluding hydrogens is 310 g/mol. The second-order valence-electron chi connectivity index (χ2n) is 4.01. The van der Waals surface area contributed by atoms with E-state index < -0.39 is 5.97 Å². The molecule has 7 heteroatoms. The maximum absolute atomic E-state index is 11.5. The lowest BCUT2D eigenvalue weighted by Gasteiger charge is -2.05. The summed E-state index contributed by atoms with van der Waals surface area (Å²) in [7, 11) is 0. The van der Waals surface area contributed by atoms with Crippen molar-refractivity contribution in [1.82, 2.24) is 5.32 Å². The van der Waals surface area contributed by atoms with Gasteiger partial charge >= 0.3 is 5.97 Å². The largest absolute Gasteiger partial charge is 0.482 e. The van der Waals surface area contributed by atoms with E-state index in [4.69, 9.17) is 21.7 Å². The summed E-state index contributed by atoms with van der Waals surface area (Å²) < 4.78 is 10.5. The lowest BCUT2D eigenvalue weighted by molar-refractivity contribution is -0.145. The molecule has 1 fully saturated rings. The molecule has 0 aliphatic carbocycles. The fourth-order valence-electron chi connectivity index (χ4n) is 1.58. The molecule has 0 unspecified atom stereocenters. The van der Waals surface area contributed by atoms with Gasteiger partial charge < -0.3 is 14.8 Å². The minimum absolute atomic E-state index is 0.124. The number of thiocarbonyl (C=S) groups is 1. The van der Waals surface area contributed by atoms with Crippen molar-refractivity contribution in [3.63, 3.8) is 0 Å². The van der Waals surface area contributed by atoms with Crippen LogP contribution < -0.4 is 10.1 Å². The zero-order valence-electron chi connectivity index (χ0n) is 11.3. The molecule has 110 valence electrons. The van der Waals surface area contributed by atoms with Gasteiger partial charge in [0.05, 0.1) is 11.5 Å². The number of esters is 1. The molecule has 0 atom stereocenters. The van der Waals surface area contributed by atoms with E-state index in [2.05, 4.69) is 5.32 Å². The minimum Gasteiger partial charge on any atom is -0.482 e. The molecule has 1 aromatic rings. The van der Waals surface area contributed by atoms with E-state index in [-0.39, 0.29) is 12.5 Å². The first kappa shape index (κ1) is 15.5. The highest BCUT2D eigenvalue weighted by Gasteiger charge is 2.21. The van der Waals surface area contributed by atoms with Crippen molar-refractivity contribution in [3.8, 4) is 5.75 Å². The average molecular weight is 323 g/mol. The lowest BCUT2D eigenvalue weighted by atomic mass is 10.2. The van der Waals surface area contributed by atoms with Crippen LogP contribution in [0.4, 0.5) is 0 Å². The third kappa shape index (κ3) is 4.57. The minimum atomic E-state index is -0.406. The molecule has 1 N–H and O–H groups in total. The van der Waals surface area contributed by atoms with E-state index in [1.165, 1.54) is 11.8 Å². The fraction of sp³-hybridized carbons (Fsp3) is 0.214. The third-order valence-corrected chi connectivity index (χ3v) is 3.64. The molecule has 0 spiro atoms. The van der Waals surface area contributed by atoms with Crippen molar-refractivity contribution in [2.75, 3.05) is 13.2 Å². The Kier molecular flexibility index (Phi) is 5.35. The number of carbonyl (C=O) groups excluding carboxylic acids is 2. The Morgan fingerprint density at radius 3 is 2.67 bits per heavy atom. The number of amides is 1. The van der Waals surface area contributed by atoms with Gasteiger partial charge in [0, 0.05) is 0 Å². The summed E-state index contributed by atoms with van der Waals surface area (Å²) in [5.74, 6) is -0.0341. The maximum Gasteiger partial charge on any atom is 0.344 e. The first-order chi connectivity index (χ1) is 10.1. The zero-order valence-corrected chi connectivity index (χ0v) is 12.9. The molecule has 1 amide bonds. The number of nitrogens with one attached hydrogen (secondary N) is 1. The van der Waals surface area contributed by atoms with Crippen molar-refractivity contribution in [2.24, 2.45) is 0 Å². The van der Waals surface area contributed by atoms with Crippen LogP contribution in [-0.4, -0.2) is 29.4 Å². The molecule has 1 aromatic carbocycles. The second-order valence-corrected chi connectivity index (χ2v) is 5.73. The van der Waals surface area contributed by atoms with Gasteiger partial charge in [-0.1, -0.05) is 36.1 Å². The van der Waals surface area contributed by atoms with Crippen LogP contribution in [0, 0.1) is 0 Å². The normalized spacial score (nSPS) is 16.0. The Morgan fingerprint density at radius 2 is 2.10 bits per heavy atom. The van der Waals surface area contributed by atoms with Crippen molar-refractivity contribution < 1.29 is 19.1 Å². The molecule has 21 heavy (non-hydrogen) atoms. The van der Waals surface area contributed by atoms with Crippen molar-refractivity contribution in [1.29, 1.82) is 0 Å². The highest BCUT2D eigenvalue weighted by Crippen LogP contribution is 2.26. The fourth-order valence-corrected chi connectivity index (χ4v) is 2.62. The van der Waals surface area contributed by atoms with Gasteiger partial charge in [0.15, 0.2) is 6.61 Å². The Balaban J connectivity index is 1.96. The van der Waals surface area contributed by atoms with Crippen molar-refractivity contribution in [3.05, 3.63) is 34.7 Å². The number of benzene rings is 1. The van der Waals surface area contributed by atoms with Gasteiger partial charge in [-0.25, -0.2) is 4.79 Å². The van der Waals surface area contributed by atoms with Crippen LogP contribution >= 0.6 is 24.0 Å². The average Bonchev–Trinajstić information content (AvgIpc) is 2.76. The SMILES string of the molecule is CCOC(=O)COc1ccc(/C=C2/SC(=S)NC2=O)cc1. The van der Waals surface area contributed by atoms with Crippen LogP contribution in [0.25, 0.3) is 6.08 Å². The van der Waals surface area contributed by atoms with E-state index in [1.54, 1.807) is 37.3 Å². The molecule has 1 aliphatic heterocycles. The van der Waals surface area contributed by atoms with Crippen LogP contribution in [0.15, 0.2) is 29.2 Å². The standard InChI is InChI=1S/C14H13NO4S2/c1-2-18-12(16)8-19-10-5-3-9(4-6-10)7-11-13(17)15-14(20)21-11/h3-7H,2,8H2,1H3,(H,15,17,20)/b11-7+. The van der Waals surface area contributed by atoms with E-state index in [1.807, 2.05) is 0 Å². The number of thioether (sulfide) groups is 1. The monoisotopic (exact) mass is 323 g/mol. The number of carbonyl (C=O) groups is 2. The van der Waals surface area contributed by atoms with Gasteiger partial charge in [0.2, 0.25) is 0 Å². The topological polar surface area (TPSA) is 64.6 Å².